The van der Waals surface area contributed by atoms with Gasteiger partial charge in [-0.05, 0) is 30.7 Å². The molecule has 1 aromatic heterocycles. The van der Waals surface area contributed by atoms with Crippen LogP contribution >= 0.6 is 0 Å². The molecule has 0 bridgehead atoms. The summed E-state index contributed by atoms with van der Waals surface area (Å²) in [4.78, 5) is 16.1. The first-order valence-electron chi connectivity index (χ1n) is 7.80. The number of hydrogen-bond acceptors (Lipinski definition) is 4. The molecule has 5 nitrogen and oxygen atoms in total. The molecule has 0 saturated heterocycles. The molecule has 1 atom stereocenters. The van der Waals surface area contributed by atoms with Crippen molar-refractivity contribution in [3.63, 3.8) is 0 Å². The van der Waals surface area contributed by atoms with Gasteiger partial charge in [-0.1, -0.05) is 37.6 Å². The predicted molar refractivity (Wildman–Crippen MR) is 93.2 cm³/mol. The molecule has 2 rings (SSSR count). The smallest absolute Gasteiger partial charge is 0.222 e. The van der Waals surface area contributed by atoms with E-state index in [0.29, 0.717) is 5.56 Å². The number of nitrogens with one attached hydrogen (secondary N) is 1. The van der Waals surface area contributed by atoms with Crippen LogP contribution in [0.15, 0.2) is 53.7 Å². The molecule has 0 spiro atoms. The molecule has 1 N–H and O–H groups in total. The van der Waals surface area contributed by atoms with Crippen molar-refractivity contribution in [3.8, 4) is 0 Å². The first-order valence-corrected chi connectivity index (χ1v) is 9.35. The van der Waals surface area contributed by atoms with Crippen molar-refractivity contribution < 1.29 is 13.2 Å². The highest BCUT2D eigenvalue weighted by molar-refractivity contribution is 7.91. The highest BCUT2D eigenvalue weighted by atomic mass is 32.2. The van der Waals surface area contributed by atoms with Gasteiger partial charge in [-0.15, -0.1) is 0 Å². The van der Waals surface area contributed by atoms with Gasteiger partial charge in [0.15, 0.2) is 9.84 Å². The molecule has 0 aliphatic rings. The van der Waals surface area contributed by atoms with E-state index in [1.165, 1.54) is 6.20 Å². The third-order valence-corrected chi connectivity index (χ3v) is 5.88. The van der Waals surface area contributed by atoms with Gasteiger partial charge in [0.05, 0.1) is 4.90 Å². The Balaban J connectivity index is 2.38. The predicted octanol–water partition coefficient (Wildman–Crippen LogP) is 2.68. The molecule has 0 radical (unpaired) electrons. The topological polar surface area (TPSA) is 76.1 Å². The largest absolute Gasteiger partial charge is 0.354 e. The highest BCUT2D eigenvalue weighted by Crippen LogP contribution is 2.28. The van der Waals surface area contributed by atoms with Crippen molar-refractivity contribution in [2.75, 3.05) is 6.54 Å². The number of carbonyl (C=O) groups excluding carboxylic acids is 1. The molecule has 24 heavy (non-hydrogen) atoms. The minimum absolute atomic E-state index is 0.0128. The van der Waals surface area contributed by atoms with E-state index in [1.54, 1.807) is 56.4 Å². The number of aromatic nitrogens is 1. The molecule has 1 heterocycles. The van der Waals surface area contributed by atoms with E-state index < -0.39 is 15.1 Å². The average Bonchev–Trinajstić information content (AvgIpc) is 2.56. The van der Waals surface area contributed by atoms with Gasteiger partial charge in [0.1, 0.15) is 5.25 Å². The van der Waals surface area contributed by atoms with E-state index in [4.69, 9.17) is 0 Å². The van der Waals surface area contributed by atoms with Crippen LogP contribution in [0.25, 0.3) is 0 Å². The van der Waals surface area contributed by atoms with Crippen LogP contribution in [0.1, 0.15) is 30.2 Å². The van der Waals surface area contributed by atoms with Crippen LogP contribution in [0, 0.1) is 12.8 Å². The Hall–Kier alpha value is -2.21. The second kappa shape index (κ2) is 7.57. The van der Waals surface area contributed by atoms with Gasteiger partial charge in [0.2, 0.25) is 5.91 Å². The summed E-state index contributed by atoms with van der Waals surface area (Å²) in [5.41, 5.74) is 1.54. The van der Waals surface area contributed by atoms with Gasteiger partial charge in [-0.2, -0.15) is 0 Å². The quantitative estimate of drug-likeness (QED) is 0.872. The summed E-state index contributed by atoms with van der Waals surface area (Å²) in [7, 11) is -3.65. The Morgan fingerprint density at radius 3 is 2.38 bits per heavy atom. The van der Waals surface area contributed by atoms with Crippen LogP contribution in [-0.4, -0.2) is 25.9 Å². The minimum Gasteiger partial charge on any atom is -0.354 e. The van der Waals surface area contributed by atoms with Gasteiger partial charge in [0, 0.05) is 24.9 Å². The molecule has 2 aromatic rings. The number of carbonyl (C=O) groups is 1. The summed E-state index contributed by atoms with van der Waals surface area (Å²) in [6.07, 6.45) is 3.11. The SMILES string of the molecule is Cc1ccc(S(=O)(=O)[C@@H](CNC(=O)C(C)C)c2cccnc2)cc1. The normalized spacial score (nSPS) is 12.8. The number of hydrogen-bond donors (Lipinski definition) is 1. The van der Waals surface area contributed by atoms with E-state index in [2.05, 4.69) is 10.3 Å². The molecular formula is C18H22N2O3S. The summed E-state index contributed by atoms with van der Waals surface area (Å²) in [6, 6.07) is 10.1. The fourth-order valence-corrected chi connectivity index (χ4v) is 3.91. The van der Waals surface area contributed by atoms with Crippen LogP contribution in [0.5, 0.6) is 0 Å². The van der Waals surface area contributed by atoms with Crippen LogP contribution < -0.4 is 5.32 Å². The highest BCUT2D eigenvalue weighted by Gasteiger charge is 2.30. The first-order chi connectivity index (χ1) is 11.3. The van der Waals surface area contributed by atoms with Gasteiger partial charge in [-0.25, -0.2) is 8.42 Å². The lowest BCUT2D eigenvalue weighted by molar-refractivity contribution is -0.123. The number of pyridine rings is 1. The van der Waals surface area contributed by atoms with Crippen molar-refractivity contribution in [1.29, 1.82) is 0 Å². The number of rotatable bonds is 6. The molecule has 128 valence electrons. The number of amides is 1. The number of nitrogens with zero attached hydrogens (tertiary/aromatic N) is 1. The van der Waals surface area contributed by atoms with Crippen molar-refractivity contribution in [2.45, 2.75) is 30.9 Å². The zero-order valence-electron chi connectivity index (χ0n) is 14.1. The minimum atomic E-state index is -3.65. The lowest BCUT2D eigenvalue weighted by Gasteiger charge is -2.19. The maximum atomic E-state index is 13.0. The Morgan fingerprint density at radius 1 is 1.17 bits per heavy atom. The zero-order valence-corrected chi connectivity index (χ0v) is 14.9. The maximum absolute atomic E-state index is 13.0. The number of sulfone groups is 1. The summed E-state index contributed by atoms with van der Waals surface area (Å²) >= 11 is 0. The molecule has 0 aliphatic heterocycles. The summed E-state index contributed by atoms with van der Waals surface area (Å²) in [5.74, 6) is -0.385. The van der Waals surface area contributed by atoms with Crippen molar-refractivity contribution >= 4 is 15.7 Å². The fraction of sp³-hybridized carbons (Fsp3) is 0.333. The Kier molecular flexibility index (Phi) is 5.72. The van der Waals surface area contributed by atoms with E-state index in [-0.39, 0.29) is 23.3 Å². The van der Waals surface area contributed by atoms with Crippen LogP contribution in [0.4, 0.5) is 0 Å². The standard InChI is InChI=1S/C18H22N2O3S/c1-13(2)18(21)20-12-17(15-5-4-10-19-11-15)24(22,23)16-8-6-14(3)7-9-16/h4-11,13,17H,12H2,1-3H3,(H,20,21)/t17-/m0/s1. The molecule has 1 amide bonds. The van der Waals surface area contributed by atoms with Crippen molar-refractivity contribution in [1.82, 2.24) is 10.3 Å². The van der Waals surface area contributed by atoms with E-state index in [1.807, 2.05) is 6.92 Å². The Morgan fingerprint density at radius 2 is 1.83 bits per heavy atom. The maximum Gasteiger partial charge on any atom is 0.222 e. The van der Waals surface area contributed by atoms with Crippen LogP contribution in [0.2, 0.25) is 0 Å². The summed E-state index contributed by atoms with van der Waals surface area (Å²) in [6.45, 7) is 5.45. The van der Waals surface area contributed by atoms with E-state index in [0.717, 1.165) is 5.56 Å². The number of aryl methyl sites for hydroxylation is 1. The number of benzene rings is 1. The second-order valence-electron chi connectivity index (χ2n) is 6.03. The van der Waals surface area contributed by atoms with Gasteiger partial charge >= 0.3 is 0 Å². The lowest BCUT2D eigenvalue weighted by Crippen LogP contribution is -2.34. The van der Waals surface area contributed by atoms with Crippen molar-refractivity contribution in [3.05, 3.63) is 59.9 Å². The summed E-state index contributed by atoms with van der Waals surface area (Å²) < 4.78 is 26.1. The third-order valence-electron chi connectivity index (χ3n) is 3.77. The molecule has 0 saturated carbocycles. The van der Waals surface area contributed by atoms with Gasteiger partial charge < -0.3 is 5.32 Å². The summed E-state index contributed by atoms with van der Waals surface area (Å²) in [5, 5.41) is 1.84. The molecule has 0 unspecified atom stereocenters. The van der Waals surface area contributed by atoms with Crippen LogP contribution in [-0.2, 0) is 14.6 Å². The van der Waals surface area contributed by atoms with E-state index in [9.17, 15) is 13.2 Å². The Labute approximate surface area is 143 Å². The molecule has 0 aliphatic carbocycles. The van der Waals surface area contributed by atoms with E-state index >= 15 is 0 Å². The second-order valence-corrected chi connectivity index (χ2v) is 8.16. The van der Waals surface area contributed by atoms with Gasteiger partial charge in [-0.3, -0.25) is 9.78 Å². The van der Waals surface area contributed by atoms with Crippen molar-refractivity contribution in [2.24, 2.45) is 5.92 Å². The lowest BCUT2D eigenvalue weighted by atomic mass is 10.2. The first kappa shape index (κ1) is 18.1. The molecule has 1 aromatic carbocycles. The average molecular weight is 346 g/mol. The third kappa shape index (κ3) is 4.20. The zero-order chi connectivity index (χ0) is 17.7. The Bertz CT molecular complexity index is 785. The van der Waals surface area contributed by atoms with Gasteiger partial charge in [0.25, 0.3) is 0 Å². The molecule has 6 heteroatoms. The monoisotopic (exact) mass is 346 g/mol. The molecule has 0 fully saturated rings. The van der Waals surface area contributed by atoms with Crippen LogP contribution in [0.3, 0.4) is 0 Å². The fourth-order valence-electron chi connectivity index (χ4n) is 2.26. The molecular weight excluding hydrogens is 324 g/mol.